The molecule has 2 aromatic carbocycles. The number of rotatable bonds is 6. The Morgan fingerprint density at radius 3 is 2.52 bits per heavy atom. The van der Waals surface area contributed by atoms with Gasteiger partial charge in [0.15, 0.2) is 0 Å². The maximum absolute atomic E-state index is 13.7. The first kappa shape index (κ1) is 19.2. The van der Waals surface area contributed by atoms with Crippen molar-refractivity contribution in [2.24, 2.45) is 0 Å². The molecule has 0 aliphatic rings. The Labute approximate surface area is 155 Å². The SMILES string of the molecule is CCCn1c(=O)ccc2cc(CNS(=O)(=O)c3ccc(F)cc3F)ccc21. The summed E-state index contributed by atoms with van der Waals surface area (Å²) in [5, 5.41) is 0.799. The van der Waals surface area contributed by atoms with Gasteiger partial charge in [-0.15, -0.1) is 0 Å². The topological polar surface area (TPSA) is 68.2 Å². The van der Waals surface area contributed by atoms with Crippen LogP contribution in [-0.4, -0.2) is 13.0 Å². The number of pyridine rings is 1. The molecular formula is C19H18F2N2O3S. The van der Waals surface area contributed by atoms with Crippen LogP contribution in [0.4, 0.5) is 8.78 Å². The summed E-state index contributed by atoms with van der Waals surface area (Å²) in [6, 6.07) is 10.7. The Kier molecular flexibility index (Phi) is 5.38. The number of nitrogens with one attached hydrogen (secondary N) is 1. The molecule has 142 valence electrons. The molecule has 0 fully saturated rings. The minimum atomic E-state index is -4.13. The molecule has 3 aromatic rings. The average Bonchev–Trinajstić information content (AvgIpc) is 2.62. The highest BCUT2D eigenvalue weighted by atomic mass is 32.2. The quantitative estimate of drug-likeness (QED) is 0.701. The number of hydrogen-bond donors (Lipinski definition) is 1. The van der Waals surface area contributed by atoms with Crippen LogP contribution in [0.1, 0.15) is 18.9 Å². The molecular weight excluding hydrogens is 374 g/mol. The van der Waals surface area contributed by atoms with Crippen molar-refractivity contribution in [3.05, 3.63) is 76.1 Å². The predicted octanol–water partition coefficient (Wildman–Crippen LogP) is 3.17. The van der Waals surface area contributed by atoms with Crippen LogP contribution in [0.15, 0.2) is 58.2 Å². The van der Waals surface area contributed by atoms with Gasteiger partial charge in [-0.05, 0) is 47.7 Å². The summed E-state index contributed by atoms with van der Waals surface area (Å²) >= 11 is 0. The van der Waals surface area contributed by atoms with Gasteiger partial charge >= 0.3 is 0 Å². The van der Waals surface area contributed by atoms with Crippen LogP contribution in [0.5, 0.6) is 0 Å². The lowest BCUT2D eigenvalue weighted by Crippen LogP contribution is -2.24. The number of benzene rings is 2. The van der Waals surface area contributed by atoms with Crippen LogP contribution >= 0.6 is 0 Å². The molecule has 1 heterocycles. The van der Waals surface area contributed by atoms with E-state index in [0.29, 0.717) is 18.2 Å². The number of fused-ring (bicyclic) bond motifs is 1. The number of halogens is 2. The standard InChI is InChI=1S/C19H18F2N2O3S/c1-2-9-23-17-6-3-13(10-14(17)4-8-19(23)24)12-22-27(25,26)18-7-5-15(20)11-16(18)21/h3-8,10-11,22H,2,9,12H2,1H3. The number of sulfonamides is 1. The molecule has 0 bridgehead atoms. The van der Waals surface area contributed by atoms with Gasteiger partial charge in [0.25, 0.3) is 5.56 Å². The summed E-state index contributed by atoms with van der Waals surface area (Å²) in [6.45, 7) is 2.50. The highest BCUT2D eigenvalue weighted by Gasteiger charge is 2.19. The van der Waals surface area contributed by atoms with Crippen molar-refractivity contribution < 1.29 is 17.2 Å². The Morgan fingerprint density at radius 1 is 1.04 bits per heavy atom. The van der Waals surface area contributed by atoms with Crippen molar-refractivity contribution in [3.63, 3.8) is 0 Å². The molecule has 0 amide bonds. The molecule has 0 aliphatic carbocycles. The Hall–Kier alpha value is -2.58. The average molecular weight is 392 g/mol. The lowest BCUT2D eigenvalue weighted by molar-refractivity contribution is 0.543. The molecule has 27 heavy (non-hydrogen) atoms. The van der Waals surface area contributed by atoms with Crippen molar-refractivity contribution >= 4 is 20.9 Å². The number of nitrogens with zero attached hydrogens (tertiary/aromatic N) is 1. The van der Waals surface area contributed by atoms with Gasteiger partial charge in [0.2, 0.25) is 10.0 Å². The summed E-state index contributed by atoms with van der Waals surface area (Å²) in [4.78, 5) is 11.4. The monoisotopic (exact) mass is 392 g/mol. The van der Waals surface area contributed by atoms with Crippen LogP contribution in [0.2, 0.25) is 0 Å². The van der Waals surface area contributed by atoms with Crippen molar-refractivity contribution in [2.45, 2.75) is 31.3 Å². The third kappa shape index (κ3) is 4.06. The fourth-order valence-corrected chi connectivity index (χ4v) is 3.94. The summed E-state index contributed by atoms with van der Waals surface area (Å²) < 4.78 is 55.2. The van der Waals surface area contributed by atoms with Gasteiger partial charge in [-0.3, -0.25) is 4.79 Å². The van der Waals surface area contributed by atoms with E-state index in [-0.39, 0.29) is 12.1 Å². The smallest absolute Gasteiger partial charge is 0.251 e. The zero-order valence-corrected chi connectivity index (χ0v) is 15.4. The Balaban J connectivity index is 1.87. The molecule has 0 atom stereocenters. The molecule has 1 N–H and O–H groups in total. The highest BCUT2D eigenvalue weighted by molar-refractivity contribution is 7.89. The molecule has 3 rings (SSSR count). The van der Waals surface area contributed by atoms with Gasteiger partial charge in [0.05, 0.1) is 5.52 Å². The molecule has 0 unspecified atom stereocenters. The van der Waals surface area contributed by atoms with E-state index in [2.05, 4.69) is 4.72 Å². The van der Waals surface area contributed by atoms with Crippen LogP contribution in [0, 0.1) is 11.6 Å². The fraction of sp³-hybridized carbons (Fsp3) is 0.211. The maximum atomic E-state index is 13.7. The zero-order chi connectivity index (χ0) is 19.6. The van der Waals surface area contributed by atoms with E-state index in [1.165, 1.54) is 6.07 Å². The summed E-state index contributed by atoms with van der Waals surface area (Å²) in [5.74, 6) is -2.00. The van der Waals surface area contributed by atoms with Gasteiger partial charge in [0.1, 0.15) is 16.5 Å². The number of aromatic nitrogens is 1. The van der Waals surface area contributed by atoms with Gasteiger partial charge in [-0.1, -0.05) is 13.0 Å². The first-order chi connectivity index (χ1) is 12.8. The molecule has 5 nitrogen and oxygen atoms in total. The minimum Gasteiger partial charge on any atom is -0.308 e. The van der Waals surface area contributed by atoms with Gasteiger partial charge in [-0.25, -0.2) is 21.9 Å². The third-order valence-corrected chi connectivity index (χ3v) is 5.59. The molecule has 1 aromatic heterocycles. The first-order valence-electron chi connectivity index (χ1n) is 8.39. The first-order valence-corrected chi connectivity index (χ1v) is 9.87. The van der Waals surface area contributed by atoms with Crippen molar-refractivity contribution in [3.8, 4) is 0 Å². The van der Waals surface area contributed by atoms with E-state index in [1.807, 2.05) is 6.92 Å². The normalized spacial score (nSPS) is 11.8. The highest BCUT2D eigenvalue weighted by Crippen LogP contribution is 2.18. The van der Waals surface area contributed by atoms with E-state index >= 15 is 0 Å². The van der Waals surface area contributed by atoms with Crippen molar-refractivity contribution in [1.82, 2.24) is 9.29 Å². The van der Waals surface area contributed by atoms with E-state index in [0.717, 1.165) is 29.5 Å². The van der Waals surface area contributed by atoms with E-state index in [4.69, 9.17) is 0 Å². The summed E-state index contributed by atoms with van der Waals surface area (Å²) in [7, 11) is -4.13. The summed E-state index contributed by atoms with van der Waals surface area (Å²) in [5.41, 5.74) is 1.32. The molecule has 0 spiro atoms. The molecule has 0 radical (unpaired) electrons. The van der Waals surface area contributed by atoms with E-state index in [1.54, 1.807) is 28.8 Å². The second kappa shape index (κ2) is 7.58. The largest absolute Gasteiger partial charge is 0.308 e. The molecule has 8 heteroatoms. The second-order valence-corrected chi connectivity index (χ2v) is 7.85. The fourth-order valence-electron chi connectivity index (χ4n) is 2.87. The van der Waals surface area contributed by atoms with Crippen molar-refractivity contribution in [1.29, 1.82) is 0 Å². The number of hydrogen-bond acceptors (Lipinski definition) is 3. The minimum absolute atomic E-state index is 0.0675. The van der Waals surface area contributed by atoms with Gasteiger partial charge in [0, 0.05) is 25.2 Å². The van der Waals surface area contributed by atoms with E-state index < -0.39 is 26.6 Å². The van der Waals surface area contributed by atoms with Crippen LogP contribution in [0.25, 0.3) is 10.9 Å². The van der Waals surface area contributed by atoms with Gasteiger partial charge in [-0.2, -0.15) is 0 Å². The van der Waals surface area contributed by atoms with Gasteiger partial charge < -0.3 is 4.57 Å². The maximum Gasteiger partial charge on any atom is 0.251 e. The van der Waals surface area contributed by atoms with Crippen LogP contribution in [0.3, 0.4) is 0 Å². The molecule has 0 saturated heterocycles. The van der Waals surface area contributed by atoms with Crippen molar-refractivity contribution in [2.75, 3.05) is 0 Å². The number of aryl methyl sites for hydroxylation is 1. The zero-order valence-electron chi connectivity index (χ0n) is 14.6. The lowest BCUT2D eigenvalue weighted by Gasteiger charge is -2.11. The third-order valence-electron chi connectivity index (χ3n) is 4.15. The second-order valence-electron chi connectivity index (χ2n) is 6.12. The Morgan fingerprint density at radius 2 is 1.81 bits per heavy atom. The lowest BCUT2D eigenvalue weighted by atomic mass is 10.1. The van der Waals surface area contributed by atoms with Crippen LogP contribution < -0.4 is 10.3 Å². The van der Waals surface area contributed by atoms with Crippen LogP contribution in [-0.2, 0) is 23.1 Å². The molecule has 0 aliphatic heterocycles. The molecule has 0 saturated carbocycles. The van der Waals surface area contributed by atoms with E-state index in [9.17, 15) is 22.0 Å². The predicted molar refractivity (Wildman–Crippen MR) is 98.9 cm³/mol. The summed E-state index contributed by atoms with van der Waals surface area (Å²) in [6.07, 6.45) is 0.809. The Bertz CT molecular complexity index is 1160.